The molecule has 1 aliphatic carbocycles. The van der Waals surface area contributed by atoms with Crippen LogP contribution in [0.15, 0.2) is 63.0 Å². The second-order valence-corrected chi connectivity index (χ2v) is 9.16. The van der Waals surface area contributed by atoms with Gasteiger partial charge in [-0.25, -0.2) is 4.99 Å². The van der Waals surface area contributed by atoms with Crippen LogP contribution in [0, 0.1) is 6.92 Å². The first-order valence-corrected chi connectivity index (χ1v) is 11.3. The van der Waals surface area contributed by atoms with Crippen LogP contribution in [-0.2, 0) is 4.79 Å². The number of aryl methyl sites for hydroxylation is 1. The van der Waals surface area contributed by atoms with Crippen molar-refractivity contribution in [1.29, 1.82) is 0 Å². The van der Waals surface area contributed by atoms with Crippen molar-refractivity contribution in [3.05, 3.63) is 64.1 Å². The highest BCUT2D eigenvalue weighted by molar-refractivity contribution is 9.10. The van der Waals surface area contributed by atoms with Crippen molar-refractivity contribution in [2.75, 3.05) is 11.1 Å². The van der Waals surface area contributed by atoms with E-state index < -0.39 is 0 Å². The van der Waals surface area contributed by atoms with E-state index in [1.165, 1.54) is 17.3 Å². The van der Waals surface area contributed by atoms with E-state index in [2.05, 4.69) is 52.4 Å². The number of halogens is 1. The van der Waals surface area contributed by atoms with Gasteiger partial charge < -0.3 is 5.32 Å². The molecule has 1 saturated carbocycles. The Morgan fingerprint density at radius 2 is 1.75 bits per heavy atom. The van der Waals surface area contributed by atoms with Gasteiger partial charge in [-0.3, -0.25) is 9.79 Å². The van der Waals surface area contributed by atoms with Gasteiger partial charge in [0, 0.05) is 15.7 Å². The molecule has 0 radical (unpaired) electrons. The first-order valence-electron chi connectivity index (χ1n) is 9.48. The van der Waals surface area contributed by atoms with E-state index in [0.717, 1.165) is 52.2 Å². The summed E-state index contributed by atoms with van der Waals surface area (Å²) in [6.07, 6.45) is 4.32. The Labute approximate surface area is 178 Å². The van der Waals surface area contributed by atoms with E-state index in [-0.39, 0.29) is 11.6 Å². The third kappa shape index (κ3) is 4.39. The average Bonchev–Trinajstić information content (AvgIpc) is 3.30. The standard InChI is InChI=1S/C22H22BrN3OS/c1-15-4-6-16(7-5-15)20-21(26-22(25-20)12-2-3-13-22)28-14-19(27)24-18-10-8-17(23)9-11-18/h4-11H,2-3,12-14H2,1H3,(H,24,27). The van der Waals surface area contributed by atoms with E-state index in [9.17, 15) is 4.79 Å². The predicted molar refractivity (Wildman–Crippen MR) is 122 cm³/mol. The summed E-state index contributed by atoms with van der Waals surface area (Å²) in [5.41, 5.74) is 3.72. The lowest BCUT2D eigenvalue weighted by atomic mass is 10.1. The van der Waals surface area contributed by atoms with Crippen LogP contribution in [0.4, 0.5) is 5.69 Å². The number of rotatable bonds is 4. The normalized spacial score (nSPS) is 17.5. The fourth-order valence-corrected chi connectivity index (χ4v) is 4.69. The lowest BCUT2D eigenvalue weighted by Crippen LogP contribution is -2.17. The van der Waals surface area contributed by atoms with Crippen LogP contribution in [-0.4, -0.2) is 28.1 Å². The van der Waals surface area contributed by atoms with Gasteiger partial charge in [0.2, 0.25) is 5.91 Å². The highest BCUT2D eigenvalue weighted by Gasteiger charge is 2.39. The maximum atomic E-state index is 12.4. The molecule has 1 N–H and O–H groups in total. The van der Waals surface area contributed by atoms with Crippen molar-refractivity contribution in [2.24, 2.45) is 9.98 Å². The number of nitrogens with one attached hydrogen (secondary N) is 1. The maximum absolute atomic E-state index is 12.4. The summed E-state index contributed by atoms with van der Waals surface area (Å²) in [6.45, 7) is 2.08. The Balaban J connectivity index is 1.48. The topological polar surface area (TPSA) is 53.8 Å². The first-order chi connectivity index (χ1) is 13.5. The van der Waals surface area contributed by atoms with E-state index in [4.69, 9.17) is 9.98 Å². The lowest BCUT2D eigenvalue weighted by Gasteiger charge is -2.14. The third-order valence-electron chi connectivity index (χ3n) is 5.03. The number of hydrogen-bond donors (Lipinski definition) is 1. The van der Waals surface area contributed by atoms with Crippen LogP contribution in [0.1, 0.15) is 36.8 Å². The van der Waals surface area contributed by atoms with E-state index in [1.807, 2.05) is 24.3 Å². The zero-order valence-corrected chi connectivity index (χ0v) is 18.1. The van der Waals surface area contributed by atoms with Crippen LogP contribution in [0.25, 0.3) is 0 Å². The van der Waals surface area contributed by atoms with Crippen molar-refractivity contribution in [2.45, 2.75) is 38.3 Å². The van der Waals surface area contributed by atoms with E-state index >= 15 is 0 Å². The van der Waals surface area contributed by atoms with Crippen molar-refractivity contribution in [1.82, 2.24) is 0 Å². The van der Waals surface area contributed by atoms with Gasteiger partial charge >= 0.3 is 0 Å². The molecule has 0 atom stereocenters. The molecule has 2 aliphatic rings. The van der Waals surface area contributed by atoms with Gasteiger partial charge in [-0.2, -0.15) is 0 Å². The summed E-state index contributed by atoms with van der Waals surface area (Å²) in [4.78, 5) is 22.4. The van der Waals surface area contributed by atoms with E-state index in [1.54, 1.807) is 0 Å². The van der Waals surface area contributed by atoms with Crippen molar-refractivity contribution in [3.8, 4) is 0 Å². The zero-order chi connectivity index (χ0) is 19.6. The van der Waals surface area contributed by atoms with Crippen LogP contribution < -0.4 is 5.32 Å². The van der Waals surface area contributed by atoms with Crippen molar-refractivity contribution < 1.29 is 4.79 Å². The Morgan fingerprint density at radius 1 is 1.07 bits per heavy atom. The Bertz CT molecular complexity index is 929. The molecule has 0 unspecified atom stereocenters. The summed E-state index contributed by atoms with van der Waals surface area (Å²) >= 11 is 4.88. The largest absolute Gasteiger partial charge is 0.325 e. The molecule has 2 aromatic rings. The molecule has 144 valence electrons. The molecule has 0 aromatic heterocycles. The fourth-order valence-electron chi connectivity index (χ4n) is 3.55. The molecule has 28 heavy (non-hydrogen) atoms. The number of carbonyl (C=O) groups is 1. The smallest absolute Gasteiger partial charge is 0.234 e. The SMILES string of the molecule is Cc1ccc(C2=NC3(CCCC3)N=C2SCC(=O)Nc2ccc(Br)cc2)cc1. The van der Waals surface area contributed by atoms with Crippen molar-refractivity contribution in [3.63, 3.8) is 0 Å². The van der Waals surface area contributed by atoms with Gasteiger partial charge in [-0.15, -0.1) is 0 Å². The molecule has 4 nitrogen and oxygen atoms in total. The van der Waals surface area contributed by atoms with Gasteiger partial charge in [0.1, 0.15) is 5.04 Å². The lowest BCUT2D eigenvalue weighted by molar-refractivity contribution is -0.113. The molecule has 0 saturated heterocycles. The highest BCUT2D eigenvalue weighted by atomic mass is 79.9. The Morgan fingerprint density at radius 3 is 2.43 bits per heavy atom. The maximum Gasteiger partial charge on any atom is 0.234 e. The predicted octanol–water partition coefficient (Wildman–Crippen LogP) is 5.60. The molecule has 1 spiro atoms. The van der Waals surface area contributed by atoms with Crippen LogP contribution >= 0.6 is 27.7 Å². The minimum absolute atomic E-state index is 0.0364. The number of amides is 1. The van der Waals surface area contributed by atoms with Gasteiger partial charge in [0.15, 0.2) is 5.66 Å². The summed E-state index contributed by atoms with van der Waals surface area (Å²) in [5.74, 6) is 0.279. The molecule has 4 rings (SSSR count). The molecule has 1 aliphatic heterocycles. The molecule has 1 heterocycles. The van der Waals surface area contributed by atoms with Gasteiger partial charge in [-0.05, 0) is 56.9 Å². The quantitative estimate of drug-likeness (QED) is 0.651. The van der Waals surface area contributed by atoms with Gasteiger partial charge in [-0.1, -0.05) is 57.5 Å². The van der Waals surface area contributed by atoms with Crippen molar-refractivity contribution >= 4 is 50.0 Å². The molecular formula is C22H22BrN3OS. The van der Waals surface area contributed by atoms with Gasteiger partial charge in [0.25, 0.3) is 0 Å². The summed E-state index contributed by atoms with van der Waals surface area (Å²) in [6, 6.07) is 16.0. The zero-order valence-electron chi connectivity index (χ0n) is 15.7. The Kier molecular flexibility index (Phi) is 5.69. The number of thioether (sulfide) groups is 1. The number of nitrogens with zero attached hydrogens (tertiary/aromatic N) is 2. The molecular weight excluding hydrogens is 434 g/mol. The average molecular weight is 456 g/mol. The monoisotopic (exact) mass is 455 g/mol. The molecule has 1 fully saturated rings. The number of carbonyl (C=O) groups excluding carboxylic acids is 1. The van der Waals surface area contributed by atoms with Crippen LogP contribution in [0.3, 0.4) is 0 Å². The third-order valence-corrected chi connectivity index (χ3v) is 6.52. The second-order valence-electron chi connectivity index (χ2n) is 7.28. The fraction of sp³-hybridized carbons (Fsp3) is 0.318. The molecule has 1 amide bonds. The first kappa shape index (κ1) is 19.4. The number of hydrogen-bond acceptors (Lipinski definition) is 4. The number of anilines is 1. The molecule has 2 aromatic carbocycles. The van der Waals surface area contributed by atoms with E-state index in [0.29, 0.717) is 5.75 Å². The van der Waals surface area contributed by atoms with Gasteiger partial charge in [0.05, 0.1) is 11.5 Å². The highest BCUT2D eigenvalue weighted by Crippen LogP contribution is 2.40. The summed E-state index contributed by atoms with van der Waals surface area (Å²) in [7, 11) is 0. The Hall–Kier alpha value is -1.92. The minimum atomic E-state index is -0.301. The van der Waals surface area contributed by atoms with Crippen LogP contribution in [0.5, 0.6) is 0 Å². The summed E-state index contributed by atoms with van der Waals surface area (Å²) in [5, 5.41) is 3.83. The number of aliphatic imine (C=N–C) groups is 2. The number of benzene rings is 2. The molecule has 6 heteroatoms. The minimum Gasteiger partial charge on any atom is -0.325 e. The summed E-state index contributed by atoms with van der Waals surface area (Å²) < 4.78 is 0.987. The van der Waals surface area contributed by atoms with Crippen LogP contribution in [0.2, 0.25) is 0 Å². The molecule has 0 bridgehead atoms. The second kappa shape index (κ2) is 8.21.